The molecule has 7 heteroatoms. The molecule has 0 radical (unpaired) electrons. The van der Waals surface area contributed by atoms with Gasteiger partial charge in [0.1, 0.15) is 10.6 Å². The third-order valence-electron chi connectivity index (χ3n) is 2.81. The minimum absolute atomic E-state index is 0.0249. The molecule has 2 N–H and O–H groups in total. The Morgan fingerprint density at radius 3 is 2.83 bits per heavy atom. The maximum atomic E-state index is 12.2. The first-order valence-corrected chi connectivity index (χ1v) is 6.12. The highest BCUT2D eigenvalue weighted by atomic mass is 79.9. The summed E-state index contributed by atoms with van der Waals surface area (Å²) in [5.41, 5.74) is 0.290. The molecule has 0 aromatic carbocycles. The predicted octanol–water partition coefficient (Wildman–Crippen LogP) is 0.504. The fourth-order valence-corrected chi connectivity index (χ4v) is 2.39. The van der Waals surface area contributed by atoms with Gasteiger partial charge in [0.05, 0.1) is 11.7 Å². The standard InChI is InChI=1S/C11H11BrN2O4/c12-9-7(2-1-3-13-9)10(16)14-5-6(15)4-8(14)11(17)18/h1-3,6,8,15H,4-5H2,(H,17,18)/t6-,8-/m1/s1. The summed E-state index contributed by atoms with van der Waals surface area (Å²) in [6, 6.07) is 2.17. The largest absolute Gasteiger partial charge is 0.480 e. The first kappa shape index (κ1) is 13.0. The van der Waals surface area contributed by atoms with E-state index in [4.69, 9.17) is 5.11 Å². The molecule has 18 heavy (non-hydrogen) atoms. The second-order valence-corrected chi connectivity index (χ2v) is 4.79. The van der Waals surface area contributed by atoms with E-state index in [0.717, 1.165) is 4.90 Å². The summed E-state index contributed by atoms with van der Waals surface area (Å²) < 4.78 is 0.362. The highest BCUT2D eigenvalue weighted by molar-refractivity contribution is 9.10. The summed E-state index contributed by atoms with van der Waals surface area (Å²) in [6.07, 6.45) is 0.776. The van der Waals surface area contributed by atoms with E-state index in [-0.39, 0.29) is 18.5 Å². The molecule has 2 heterocycles. The van der Waals surface area contributed by atoms with E-state index < -0.39 is 24.0 Å². The average molecular weight is 315 g/mol. The first-order valence-electron chi connectivity index (χ1n) is 5.33. The van der Waals surface area contributed by atoms with Gasteiger partial charge < -0.3 is 15.1 Å². The molecule has 96 valence electrons. The van der Waals surface area contributed by atoms with Crippen LogP contribution in [0, 0.1) is 0 Å². The summed E-state index contributed by atoms with van der Waals surface area (Å²) in [5, 5.41) is 18.5. The number of β-amino-alcohol motifs (C(OH)–C–C–N with tert-alkyl or cyclic N) is 1. The monoisotopic (exact) mass is 314 g/mol. The third kappa shape index (κ3) is 2.37. The maximum absolute atomic E-state index is 12.2. The van der Waals surface area contributed by atoms with Crippen molar-refractivity contribution < 1.29 is 19.8 Å². The molecule has 6 nitrogen and oxygen atoms in total. The Kier molecular flexibility index (Phi) is 3.63. The molecule has 1 fully saturated rings. The molecular weight excluding hydrogens is 304 g/mol. The van der Waals surface area contributed by atoms with Crippen LogP contribution in [-0.2, 0) is 4.79 Å². The van der Waals surface area contributed by atoms with Gasteiger partial charge in [-0.05, 0) is 28.1 Å². The molecule has 0 aliphatic carbocycles. The molecule has 0 bridgehead atoms. The zero-order valence-electron chi connectivity index (χ0n) is 9.28. The van der Waals surface area contributed by atoms with Crippen LogP contribution in [0.5, 0.6) is 0 Å². The molecule has 1 aromatic heterocycles. The van der Waals surface area contributed by atoms with Crippen molar-refractivity contribution in [1.29, 1.82) is 0 Å². The molecule has 0 unspecified atom stereocenters. The number of aromatic nitrogens is 1. The Morgan fingerprint density at radius 2 is 2.22 bits per heavy atom. The van der Waals surface area contributed by atoms with Gasteiger partial charge in [-0.2, -0.15) is 0 Å². The van der Waals surface area contributed by atoms with Crippen LogP contribution in [0.1, 0.15) is 16.8 Å². The Balaban J connectivity index is 2.28. The number of amides is 1. The lowest BCUT2D eigenvalue weighted by atomic mass is 10.2. The summed E-state index contributed by atoms with van der Waals surface area (Å²) in [6.45, 7) is 0.0249. The van der Waals surface area contributed by atoms with Crippen LogP contribution in [0.15, 0.2) is 22.9 Å². The van der Waals surface area contributed by atoms with Gasteiger partial charge in [0.2, 0.25) is 0 Å². The number of carbonyl (C=O) groups excluding carboxylic acids is 1. The Morgan fingerprint density at radius 1 is 1.50 bits per heavy atom. The predicted molar refractivity (Wildman–Crippen MR) is 65.0 cm³/mol. The minimum atomic E-state index is -1.11. The quantitative estimate of drug-likeness (QED) is 0.776. The van der Waals surface area contributed by atoms with E-state index in [1.807, 2.05) is 0 Å². The number of aliphatic hydroxyl groups is 1. The van der Waals surface area contributed by atoms with Crippen LogP contribution >= 0.6 is 15.9 Å². The lowest BCUT2D eigenvalue weighted by Gasteiger charge is -2.21. The van der Waals surface area contributed by atoms with Crippen LogP contribution < -0.4 is 0 Å². The van der Waals surface area contributed by atoms with Crippen LogP contribution in [0.2, 0.25) is 0 Å². The number of rotatable bonds is 2. The number of aliphatic hydroxyl groups excluding tert-OH is 1. The highest BCUT2D eigenvalue weighted by Gasteiger charge is 2.39. The van der Waals surface area contributed by atoms with E-state index >= 15 is 0 Å². The van der Waals surface area contributed by atoms with Gasteiger partial charge in [-0.15, -0.1) is 0 Å². The average Bonchev–Trinajstić information content (AvgIpc) is 2.71. The number of halogens is 1. The second-order valence-electron chi connectivity index (χ2n) is 4.04. The van der Waals surface area contributed by atoms with Crippen molar-refractivity contribution in [3.8, 4) is 0 Å². The summed E-state index contributed by atoms with van der Waals surface area (Å²) in [7, 11) is 0. The van der Waals surface area contributed by atoms with Gasteiger partial charge in [-0.25, -0.2) is 9.78 Å². The van der Waals surface area contributed by atoms with Gasteiger partial charge in [0, 0.05) is 19.2 Å². The minimum Gasteiger partial charge on any atom is -0.480 e. The van der Waals surface area contributed by atoms with E-state index in [1.165, 1.54) is 6.20 Å². The fraction of sp³-hybridized carbons (Fsp3) is 0.364. The Bertz CT molecular complexity index is 494. The Labute approximate surface area is 111 Å². The molecule has 2 atom stereocenters. The third-order valence-corrected chi connectivity index (χ3v) is 3.45. The van der Waals surface area contributed by atoms with Gasteiger partial charge in [-0.3, -0.25) is 4.79 Å². The normalized spacial score (nSPS) is 23.1. The van der Waals surface area contributed by atoms with Gasteiger partial charge >= 0.3 is 5.97 Å². The van der Waals surface area contributed by atoms with Crippen LogP contribution in [0.3, 0.4) is 0 Å². The number of aliphatic carboxylic acids is 1. The lowest BCUT2D eigenvalue weighted by Crippen LogP contribution is -2.40. The number of pyridine rings is 1. The number of carboxylic acids is 1. The van der Waals surface area contributed by atoms with Crippen LogP contribution in [0.4, 0.5) is 0 Å². The summed E-state index contributed by atoms with van der Waals surface area (Å²) >= 11 is 3.15. The molecule has 1 saturated heterocycles. The number of hydrogen-bond donors (Lipinski definition) is 2. The van der Waals surface area contributed by atoms with Gasteiger partial charge in [-0.1, -0.05) is 0 Å². The number of carboxylic acid groups (broad SMARTS) is 1. The second kappa shape index (κ2) is 5.03. The highest BCUT2D eigenvalue weighted by Crippen LogP contribution is 2.23. The van der Waals surface area contributed by atoms with Crippen molar-refractivity contribution in [1.82, 2.24) is 9.88 Å². The molecule has 1 aliphatic heterocycles. The SMILES string of the molecule is O=C(O)[C@H]1C[C@@H](O)CN1C(=O)c1cccnc1Br. The van der Waals surface area contributed by atoms with E-state index in [2.05, 4.69) is 20.9 Å². The van der Waals surface area contributed by atoms with Crippen molar-refractivity contribution in [2.45, 2.75) is 18.6 Å². The van der Waals surface area contributed by atoms with Crippen molar-refractivity contribution >= 4 is 27.8 Å². The first-order chi connectivity index (χ1) is 8.50. The lowest BCUT2D eigenvalue weighted by molar-refractivity contribution is -0.141. The molecule has 1 amide bonds. The van der Waals surface area contributed by atoms with E-state index in [0.29, 0.717) is 4.60 Å². The van der Waals surface area contributed by atoms with E-state index in [9.17, 15) is 14.7 Å². The van der Waals surface area contributed by atoms with Crippen molar-refractivity contribution in [2.75, 3.05) is 6.54 Å². The van der Waals surface area contributed by atoms with Gasteiger partial charge in [0.15, 0.2) is 0 Å². The topological polar surface area (TPSA) is 90.7 Å². The fourth-order valence-electron chi connectivity index (χ4n) is 1.97. The number of hydrogen-bond acceptors (Lipinski definition) is 4. The van der Waals surface area contributed by atoms with E-state index in [1.54, 1.807) is 12.1 Å². The molecule has 0 saturated carbocycles. The van der Waals surface area contributed by atoms with Crippen molar-refractivity contribution in [3.05, 3.63) is 28.5 Å². The van der Waals surface area contributed by atoms with Crippen LogP contribution in [-0.4, -0.2) is 50.7 Å². The number of nitrogens with zero attached hydrogens (tertiary/aromatic N) is 2. The zero-order valence-corrected chi connectivity index (χ0v) is 10.9. The summed E-state index contributed by atoms with van der Waals surface area (Å²) in [5.74, 6) is -1.56. The molecule has 1 aliphatic rings. The maximum Gasteiger partial charge on any atom is 0.326 e. The zero-order chi connectivity index (χ0) is 13.3. The van der Waals surface area contributed by atoms with Crippen molar-refractivity contribution in [3.63, 3.8) is 0 Å². The van der Waals surface area contributed by atoms with Crippen molar-refractivity contribution in [2.24, 2.45) is 0 Å². The number of likely N-dealkylation sites (tertiary alicyclic amines) is 1. The molecule has 0 spiro atoms. The molecule has 1 aromatic rings. The summed E-state index contributed by atoms with van der Waals surface area (Å²) in [4.78, 5) is 28.3. The van der Waals surface area contributed by atoms with Crippen LogP contribution in [0.25, 0.3) is 0 Å². The Hall–Kier alpha value is -1.47. The smallest absolute Gasteiger partial charge is 0.326 e. The molecular formula is C11H11BrN2O4. The molecule has 2 rings (SSSR count). The van der Waals surface area contributed by atoms with Gasteiger partial charge in [0.25, 0.3) is 5.91 Å². The number of carbonyl (C=O) groups is 2.